The summed E-state index contributed by atoms with van der Waals surface area (Å²) in [5.41, 5.74) is 2.18. The fraction of sp³-hybridized carbons (Fsp3) is 0.548. The number of halogens is 3. The Morgan fingerprint density at radius 1 is 1.13 bits per heavy atom. The van der Waals surface area contributed by atoms with Crippen molar-refractivity contribution in [2.45, 2.75) is 81.4 Å². The number of aliphatic hydroxyl groups is 1. The van der Waals surface area contributed by atoms with E-state index >= 15 is 0 Å². The average Bonchev–Trinajstić information content (AvgIpc) is 3.80. The van der Waals surface area contributed by atoms with Gasteiger partial charge in [0.15, 0.2) is 0 Å². The van der Waals surface area contributed by atoms with E-state index in [9.17, 15) is 23.5 Å². The summed E-state index contributed by atoms with van der Waals surface area (Å²) < 4.78 is 49.0. The summed E-state index contributed by atoms with van der Waals surface area (Å²) in [7, 11) is 0. The predicted molar refractivity (Wildman–Crippen MR) is 159 cm³/mol. The van der Waals surface area contributed by atoms with Crippen molar-refractivity contribution in [2.24, 2.45) is 0 Å². The molecule has 4 aromatic rings. The number of rotatable bonds is 9. The third-order valence-corrected chi connectivity index (χ3v) is 9.63. The summed E-state index contributed by atoms with van der Waals surface area (Å²) in [5.74, 6) is -1.27. The minimum atomic E-state index is -4.70. The number of likely N-dealkylation sites (tertiary alicyclic amines) is 2. The molecule has 2 saturated heterocycles. The standard InChI is InChI=1S/C31H35F3N10O2/c32-31(33,34)29-40-21(15-42-11-1-2-23(42)16-45)12-26(41-29)46-24-5-3-22(4-6-24)43-17-30(18-43,8-9-35)44-14-20(13-39-44)27-25-7-10-36-28(25)38-19-37-27/h7,10,12-14,19,22-24,45H,1-6,8,11,15-18H2,(H,36,37,38)/t22-,23-,24+/m1/s1. The Bertz CT molecular complexity index is 1720. The normalized spacial score (nSPS) is 23.8. The molecule has 0 unspecified atom stereocenters. The average molecular weight is 637 g/mol. The second-order valence-electron chi connectivity index (χ2n) is 12.6. The first-order chi connectivity index (χ1) is 22.2. The summed E-state index contributed by atoms with van der Waals surface area (Å²) >= 11 is 0. The third kappa shape index (κ3) is 5.92. The van der Waals surface area contributed by atoms with Gasteiger partial charge in [0.05, 0.1) is 36.7 Å². The number of nitrogens with zero attached hydrogens (tertiary/aromatic N) is 9. The molecular weight excluding hydrogens is 601 g/mol. The SMILES string of the molecule is N#CCC1(n2cc(-c3ncnc4[nH]ccc34)cn2)CN([C@H]2CC[C@@H](Oc3cc(CN4CCC[C@@H]4CO)nc(C(F)(F)F)n3)CC2)C1. The number of nitriles is 1. The minimum Gasteiger partial charge on any atom is -0.474 e. The van der Waals surface area contributed by atoms with E-state index in [1.54, 1.807) is 6.20 Å². The number of aromatic nitrogens is 7. The highest BCUT2D eigenvalue weighted by Crippen LogP contribution is 2.39. The molecule has 46 heavy (non-hydrogen) atoms. The van der Waals surface area contributed by atoms with Crippen LogP contribution in [-0.4, -0.2) is 94.0 Å². The van der Waals surface area contributed by atoms with Gasteiger partial charge in [-0.2, -0.15) is 28.5 Å². The van der Waals surface area contributed by atoms with E-state index in [0.29, 0.717) is 38.9 Å². The first-order valence-corrected chi connectivity index (χ1v) is 15.7. The van der Waals surface area contributed by atoms with Gasteiger partial charge in [-0.1, -0.05) is 0 Å². The van der Waals surface area contributed by atoms with Crippen molar-refractivity contribution in [1.29, 1.82) is 5.26 Å². The van der Waals surface area contributed by atoms with Crippen molar-refractivity contribution in [2.75, 3.05) is 26.2 Å². The maximum absolute atomic E-state index is 13.7. The lowest BCUT2D eigenvalue weighted by atomic mass is 9.82. The molecule has 1 aliphatic carbocycles. The molecule has 0 radical (unpaired) electrons. The topological polar surface area (TPSA) is 145 Å². The monoisotopic (exact) mass is 636 g/mol. The lowest BCUT2D eigenvalue weighted by molar-refractivity contribution is -0.145. The molecule has 0 spiro atoms. The molecule has 12 nitrogen and oxygen atoms in total. The van der Waals surface area contributed by atoms with Crippen LogP contribution in [0.4, 0.5) is 13.2 Å². The smallest absolute Gasteiger partial charge is 0.451 e. The van der Waals surface area contributed by atoms with E-state index in [4.69, 9.17) is 4.74 Å². The van der Waals surface area contributed by atoms with Crippen LogP contribution in [0.5, 0.6) is 5.88 Å². The number of hydrogen-bond acceptors (Lipinski definition) is 10. The molecule has 3 fully saturated rings. The van der Waals surface area contributed by atoms with Gasteiger partial charge >= 0.3 is 6.18 Å². The number of fused-ring (bicyclic) bond motifs is 1. The van der Waals surface area contributed by atoms with Crippen molar-refractivity contribution in [1.82, 2.24) is 44.5 Å². The highest BCUT2D eigenvalue weighted by Gasteiger charge is 2.48. The van der Waals surface area contributed by atoms with Crippen molar-refractivity contribution in [3.05, 3.63) is 48.6 Å². The molecule has 2 aliphatic heterocycles. The molecule has 7 rings (SSSR count). The maximum atomic E-state index is 13.7. The Labute approximate surface area is 263 Å². The van der Waals surface area contributed by atoms with Crippen LogP contribution in [0.3, 0.4) is 0 Å². The quantitative estimate of drug-likeness (QED) is 0.278. The molecule has 2 N–H and O–H groups in total. The molecule has 242 valence electrons. The number of nitrogens with one attached hydrogen (secondary N) is 1. The zero-order valence-electron chi connectivity index (χ0n) is 25.2. The van der Waals surface area contributed by atoms with Gasteiger partial charge in [-0.3, -0.25) is 14.5 Å². The lowest BCUT2D eigenvalue weighted by Gasteiger charge is -2.53. The maximum Gasteiger partial charge on any atom is 0.451 e. The molecule has 1 atom stereocenters. The third-order valence-electron chi connectivity index (χ3n) is 9.63. The fourth-order valence-corrected chi connectivity index (χ4v) is 7.22. The van der Waals surface area contributed by atoms with E-state index < -0.39 is 17.5 Å². The van der Waals surface area contributed by atoms with Gasteiger partial charge in [0, 0.05) is 61.1 Å². The summed E-state index contributed by atoms with van der Waals surface area (Å²) in [5, 5.41) is 24.9. The number of ether oxygens (including phenoxy) is 1. The number of alkyl halides is 3. The Morgan fingerprint density at radius 3 is 2.72 bits per heavy atom. The van der Waals surface area contributed by atoms with Gasteiger partial charge in [-0.15, -0.1) is 0 Å². The van der Waals surface area contributed by atoms with E-state index in [1.807, 2.05) is 28.0 Å². The van der Waals surface area contributed by atoms with E-state index in [2.05, 4.69) is 41.0 Å². The summed E-state index contributed by atoms with van der Waals surface area (Å²) in [6, 6.07) is 5.97. The van der Waals surface area contributed by atoms with Gasteiger partial charge in [0.25, 0.3) is 0 Å². The lowest BCUT2D eigenvalue weighted by Crippen LogP contribution is -2.65. The van der Waals surface area contributed by atoms with Crippen LogP contribution in [-0.2, 0) is 18.3 Å². The molecule has 3 aliphatic rings. The fourth-order valence-electron chi connectivity index (χ4n) is 7.22. The minimum absolute atomic E-state index is 0.0398. The van der Waals surface area contributed by atoms with Crippen molar-refractivity contribution >= 4 is 11.0 Å². The van der Waals surface area contributed by atoms with Crippen LogP contribution in [0.15, 0.2) is 37.1 Å². The van der Waals surface area contributed by atoms with Crippen LogP contribution < -0.4 is 4.74 Å². The summed E-state index contributed by atoms with van der Waals surface area (Å²) in [4.78, 5) is 23.6. The highest BCUT2D eigenvalue weighted by atomic mass is 19.4. The van der Waals surface area contributed by atoms with E-state index in [0.717, 1.165) is 48.0 Å². The first kappa shape index (κ1) is 30.5. The van der Waals surface area contributed by atoms with Gasteiger partial charge < -0.3 is 14.8 Å². The zero-order valence-corrected chi connectivity index (χ0v) is 25.2. The highest BCUT2D eigenvalue weighted by molar-refractivity contribution is 5.90. The second-order valence-corrected chi connectivity index (χ2v) is 12.6. The van der Waals surface area contributed by atoms with Crippen LogP contribution in [0.2, 0.25) is 0 Å². The van der Waals surface area contributed by atoms with E-state index in [1.165, 1.54) is 12.4 Å². The second kappa shape index (κ2) is 12.2. The van der Waals surface area contributed by atoms with Crippen LogP contribution in [0.1, 0.15) is 56.5 Å². The van der Waals surface area contributed by atoms with Crippen molar-refractivity contribution in [3.8, 4) is 23.2 Å². The van der Waals surface area contributed by atoms with Crippen LogP contribution >= 0.6 is 0 Å². The van der Waals surface area contributed by atoms with Crippen molar-refractivity contribution < 1.29 is 23.0 Å². The Balaban J connectivity index is 0.984. The Hall–Kier alpha value is -4.13. The Kier molecular flexibility index (Phi) is 8.12. The molecule has 1 saturated carbocycles. The van der Waals surface area contributed by atoms with Gasteiger partial charge in [0.2, 0.25) is 11.7 Å². The summed E-state index contributed by atoms with van der Waals surface area (Å²) in [6.45, 7) is 2.21. The number of aromatic amines is 1. The van der Waals surface area contributed by atoms with E-state index in [-0.39, 0.29) is 42.9 Å². The first-order valence-electron chi connectivity index (χ1n) is 15.7. The Morgan fingerprint density at radius 2 is 1.96 bits per heavy atom. The molecule has 0 bridgehead atoms. The number of hydrogen-bond donors (Lipinski definition) is 2. The molecule has 0 amide bonds. The molecular formula is C31H35F3N10O2. The molecule has 4 aromatic heterocycles. The van der Waals surface area contributed by atoms with Gasteiger partial charge in [0.1, 0.15) is 23.6 Å². The number of H-pyrrole nitrogens is 1. The largest absolute Gasteiger partial charge is 0.474 e. The summed E-state index contributed by atoms with van der Waals surface area (Å²) in [6.07, 6.45) is 7.12. The van der Waals surface area contributed by atoms with Crippen molar-refractivity contribution in [3.63, 3.8) is 0 Å². The van der Waals surface area contributed by atoms with Gasteiger partial charge in [-0.05, 0) is 51.1 Å². The zero-order chi connectivity index (χ0) is 31.9. The molecule has 15 heteroatoms. The molecule has 6 heterocycles. The van der Waals surface area contributed by atoms with Crippen LogP contribution in [0.25, 0.3) is 22.3 Å². The van der Waals surface area contributed by atoms with Crippen LogP contribution in [0, 0.1) is 11.3 Å². The number of aliphatic hydroxyl groups excluding tert-OH is 1. The van der Waals surface area contributed by atoms with Gasteiger partial charge in [-0.25, -0.2) is 15.0 Å². The predicted octanol–water partition coefficient (Wildman–Crippen LogP) is 3.90. The molecule has 0 aromatic carbocycles.